The second-order valence-corrected chi connectivity index (χ2v) is 12.8. The van der Waals surface area contributed by atoms with E-state index in [-0.39, 0.29) is 43.0 Å². The van der Waals surface area contributed by atoms with Gasteiger partial charge >= 0.3 is 0 Å². The standard InChI is InChI=1S/C38H37F3N6O4/c39-29-3-6-31(7-4-29)44-37(49)27-1-8-32(9-2-27)45-13-15-46(16-14-45)33-10-12-36(28(17-33)20-48)50-21-26-19-38(51-22-26,23-47-25-42-24-43-47)34-11-5-30(40)18-35(34)41/h1-12,17-18,24-26,48H,13-16,19-23H2,(H,44,49)/t26-,38+/m1/s1. The van der Waals surface area contributed by atoms with E-state index >= 15 is 4.39 Å². The van der Waals surface area contributed by atoms with E-state index < -0.39 is 17.2 Å². The topological polar surface area (TPSA) is 105 Å². The highest BCUT2D eigenvalue weighted by atomic mass is 19.1. The Hall–Kier alpha value is -5.40. The van der Waals surface area contributed by atoms with Crippen molar-refractivity contribution in [2.75, 3.05) is 54.5 Å². The third-order valence-corrected chi connectivity index (χ3v) is 9.45. The van der Waals surface area contributed by atoms with Crippen molar-refractivity contribution < 1.29 is 32.5 Å². The summed E-state index contributed by atoms with van der Waals surface area (Å²) in [5.74, 6) is -1.51. The fraction of sp³-hybridized carbons (Fsp3) is 0.289. The zero-order chi connectivity index (χ0) is 35.4. The van der Waals surface area contributed by atoms with Gasteiger partial charge in [-0.3, -0.25) is 4.79 Å². The van der Waals surface area contributed by atoms with E-state index in [0.717, 1.165) is 43.6 Å². The number of hydrogen-bond donors (Lipinski definition) is 2. The molecule has 3 heterocycles. The number of carbonyl (C=O) groups is 1. The van der Waals surface area contributed by atoms with Crippen LogP contribution in [-0.2, 0) is 23.5 Å². The second-order valence-electron chi connectivity index (χ2n) is 12.8. The van der Waals surface area contributed by atoms with E-state index in [1.807, 2.05) is 30.3 Å². The fourth-order valence-corrected chi connectivity index (χ4v) is 6.80. The molecule has 5 aromatic rings. The maximum atomic E-state index is 15.0. The van der Waals surface area contributed by atoms with Crippen LogP contribution in [0.25, 0.3) is 0 Å². The van der Waals surface area contributed by atoms with Crippen molar-refractivity contribution in [3.63, 3.8) is 0 Å². The SMILES string of the molecule is O=C(Nc1ccc(F)cc1)c1ccc(N2CCN(c3ccc(OC[C@@H]4CO[C@@](Cn5cncn5)(c5ccc(F)cc5F)C4)c(CO)c3)CC2)cc1. The maximum absolute atomic E-state index is 15.0. The Labute approximate surface area is 293 Å². The van der Waals surface area contributed by atoms with Gasteiger partial charge in [0.2, 0.25) is 0 Å². The third-order valence-electron chi connectivity index (χ3n) is 9.45. The number of benzene rings is 4. The van der Waals surface area contributed by atoms with Gasteiger partial charge in [-0.05, 0) is 79.2 Å². The zero-order valence-corrected chi connectivity index (χ0v) is 27.7. The second kappa shape index (κ2) is 14.8. The molecular weight excluding hydrogens is 661 g/mol. The van der Waals surface area contributed by atoms with Gasteiger partial charge in [0.15, 0.2) is 0 Å². The van der Waals surface area contributed by atoms with Crippen LogP contribution in [0.5, 0.6) is 5.75 Å². The van der Waals surface area contributed by atoms with Gasteiger partial charge < -0.3 is 29.7 Å². The number of piperazine rings is 1. The minimum absolute atomic E-state index is 0.101. The van der Waals surface area contributed by atoms with Crippen molar-refractivity contribution in [1.29, 1.82) is 0 Å². The monoisotopic (exact) mass is 698 g/mol. The molecule has 4 aromatic carbocycles. The molecule has 0 spiro atoms. The lowest BCUT2D eigenvalue weighted by atomic mass is 9.87. The summed E-state index contributed by atoms with van der Waals surface area (Å²) in [4.78, 5) is 21.1. The van der Waals surface area contributed by atoms with E-state index in [1.165, 1.54) is 49.1 Å². The molecule has 0 saturated carbocycles. The first-order valence-corrected chi connectivity index (χ1v) is 16.7. The summed E-state index contributed by atoms with van der Waals surface area (Å²) in [6.45, 7) is 3.62. The van der Waals surface area contributed by atoms with Gasteiger partial charge in [0.25, 0.3) is 5.91 Å². The van der Waals surface area contributed by atoms with Crippen LogP contribution in [0.3, 0.4) is 0 Å². The van der Waals surface area contributed by atoms with Crippen LogP contribution in [0, 0.1) is 23.4 Å². The largest absolute Gasteiger partial charge is 0.493 e. The van der Waals surface area contributed by atoms with E-state index in [4.69, 9.17) is 9.47 Å². The molecule has 2 saturated heterocycles. The van der Waals surface area contributed by atoms with Crippen molar-refractivity contribution in [2.45, 2.75) is 25.2 Å². The van der Waals surface area contributed by atoms with Gasteiger partial charge in [-0.2, -0.15) is 5.10 Å². The Bertz CT molecular complexity index is 1950. The summed E-state index contributed by atoms with van der Waals surface area (Å²) in [5.41, 5.74) is 2.85. The van der Waals surface area contributed by atoms with Crippen LogP contribution < -0.4 is 19.9 Å². The average molecular weight is 699 g/mol. The number of nitrogens with one attached hydrogen (secondary N) is 1. The molecule has 0 radical (unpaired) electrons. The predicted octanol–water partition coefficient (Wildman–Crippen LogP) is 5.78. The average Bonchev–Trinajstić information content (AvgIpc) is 3.82. The first-order valence-electron chi connectivity index (χ1n) is 16.7. The molecular formula is C38H37F3N6O4. The number of anilines is 3. The molecule has 1 aromatic heterocycles. The molecule has 1 amide bonds. The fourth-order valence-electron chi connectivity index (χ4n) is 6.80. The van der Waals surface area contributed by atoms with E-state index in [2.05, 4.69) is 25.2 Å². The molecule has 7 rings (SSSR count). The molecule has 264 valence electrons. The lowest BCUT2D eigenvalue weighted by Crippen LogP contribution is -2.46. The molecule has 2 N–H and O–H groups in total. The highest BCUT2D eigenvalue weighted by molar-refractivity contribution is 6.04. The van der Waals surface area contributed by atoms with Crippen LogP contribution in [-0.4, -0.2) is 65.2 Å². The quantitative estimate of drug-likeness (QED) is 0.179. The van der Waals surface area contributed by atoms with Crippen molar-refractivity contribution in [3.05, 3.63) is 132 Å². The van der Waals surface area contributed by atoms with Gasteiger partial charge in [-0.25, -0.2) is 22.8 Å². The number of hydrogen-bond acceptors (Lipinski definition) is 8. The number of ether oxygens (including phenoxy) is 2. The van der Waals surface area contributed by atoms with E-state index in [9.17, 15) is 18.7 Å². The van der Waals surface area contributed by atoms with Crippen molar-refractivity contribution >= 4 is 23.0 Å². The van der Waals surface area contributed by atoms with Crippen LogP contribution in [0.15, 0.2) is 97.6 Å². The number of halogens is 3. The minimum Gasteiger partial charge on any atom is -0.493 e. The Balaban J connectivity index is 0.944. The normalized spacial score (nSPS) is 18.9. The summed E-state index contributed by atoms with van der Waals surface area (Å²) in [5, 5.41) is 17.2. The minimum atomic E-state index is -1.08. The summed E-state index contributed by atoms with van der Waals surface area (Å²) in [6.07, 6.45) is 3.34. The van der Waals surface area contributed by atoms with Crippen molar-refractivity contribution in [2.24, 2.45) is 5.92 Å². The Morgan fingerprint density at radius 3 is 2.29 bits per heavy atom. The van der Waals surface area contributed by atoms with Crippen LogP contribution >= 0.6 is 0 Å². The number of aliphatic hydroxyl groups excluding tert-OH is 1. The highest BCUT2D eigenvalue weighted by Gasteiger charge is 2.44. The molecule has 0 aliphatic carbocycles. The van der Waals surface area contributed by atoms with Crippen LogP contribution in [0.4, 0.5) is 30.2 Å². The van der Waals surface area contributed by atoms with Gasteiger partial charge in [-0.15, -0.1) is 0 Å². The maximum Gasteiger partial charge on any atom is 0.255 e. The lowest BCUT2D eigenvalue weighted by molar-refractivity contribution is -0.0206. The number of amides is 1. The van der Waals surface area contributed by atoms with Crippen molar-refractivity contribution in [3.8, 4) is 5.75 Å². The molecule has 51 heavy (non-hydrogen) atoms. The Morgan fingerprint density at radius 1 is 0.902 bits per heavy atom. The van der Waals surface area contributed by atoms with Crippen molar-refractivity contribution in [1.82, 2.24) is 14.8 Å². The van der Waals surface area contributed by atoms with E-state index in [0.29, 0.717) is 35.6 Å². The molecule has 2 atom stereocenters. The number of nitrogens with zero attached hydrogens (tertiary/aromatic N) is 5. The predicted molar refractivity (Wildman–Crippen MR) is 185 cm³/mol. The Kier molecular flexibility index (Phi) is 9.91. The van der Waals surface area contributed by atoms with Gasteiger partial charge in [0.05, 0.1) is 26.4 Å². The molecule has 13 heteroatoms. The molecule has 2 aliphatic rings. The van der Waals surface area contributed by atoms with E-state index in [1.54, 1.807) is 16.8 Å². The summed E-state index contributed by atoms with van der Waals surface area (Å²) < 4.78 is 56.0. The molecule has 2 aliphatic heterocycles. The number of aromatic nitrogens is 3. The number of carbonyl (C=O) groups excluding carboxylic acids is 1. The smallest absolute Gasteiger partial charge is 0.255 e. The molecule has 10 nitrogen and oxygen atoms in total. The summed E-state index contributed by atoms with van der Waals surface area (Å²) in [6, 6.07) is 22.3. The van der Waals surface area contributed by atoms with Gasteiger partial charge in [0, 0.05) is 71.9 Å². The number of aliphatic hydroxyl groups is 1. The van der Waals surface area contributed by atoms with Gasteiger partial charge in [0.1, 0.15) is 41.5 Å². The zero-order valence-electron chi connectivity index (χ0n) is 27.7. The Morgan fingerprint density at radius 2 is 1.61 bits per heavy atom. The number of rotatable bonds is 11. The first kappa shape index (κ1) is 34.1. The summed E-state index contributed by atoms with van der Waals surface area (Å²) in [7, 11) is 0. The summed E-state index contributed by atoms with van der Waals surface area (Å²) >= 11 is 0. The molecule has 2 fully saturated rings. The lowest BCUT2D eigenvalue weighted by Gasteiger charge is -2.37. The highest BCUT2D eigenvalue weighted by Crippen LogP contribution is 2.42. The van der Waals surface area contributed by atoms with Gasteiger partial charge in [-0.1, -0.05) is 6.07 Å². The third kappa shape index (κ3) is 7.69. The van der Waals surface area contributed by atoms with Crippen LogP contribution in [0.2, 0.25) is 0 Å². The van der Waals surface area contributed by atoms with Crippen LogP contribution in [0.1, 0.15) is 27.9 Å². The molecule has 0 unspecified atom stereocenters. The first-order chi connectivity index (χ1) is 24.8. The molecule has 0 bridgehead atoms.